The van der Waals surface area contributed by atoms with Gasteiger partial charge in [-0.15, -0.1) is 0 Å². The van der Waals surface area contributed by atoms with Gasteiger partial charge in [-0.05, 0) is 51.3 Å². The molecule has 3 N–H and O–H groups in total. The van der Waals surface area contributed by atoms with Crippen LogP contribution in [0.25, 0.3) is 0 Å². The number of aliphatic imine (C=N–C) groups is 1. The molecule has 1 heterocycles. The van der Waals surface area contributed by atoms with E-state index in [2.05, 4.69) is 15.6 Å². The monoisotopic (exact) mass is 418 g/mol. The van der Waals surface area contributed by atoms with E-state index in [1.54, 1.807) is 12.1 Å². The van der Waals surface area contributed by atoms with Crippen LogP contribution in [0.15, 0.2) is 29.3 Å². The van der Waals surface area contributed by atoms with Crippen LogP contribution in [-0.2, 0) is 0 Å². The lowest BCUT2D eigenvalue weighted by atomic mass is 9.93. The quantitative estimate of drug-likeness (QED) is 0.345. The number of aliphatic hydroxyl groups excluding tert-OH is 1. The third kappa shape index (κ3) is 8.57. The minimum absolute atomic E-state index is 0.0199. The molecule has 5 nitrogen and oxygen atoms in total. The van der Waals surface area contributed by atoms with Crippen LogP contribution >= 0.6 is 0 Å². The standard InChI is InChI=1S/C20H30F4N4O/c1-2-25-19(27-13-18(29)16-5-3-4-6-17(16)21)26-10-7-15-8-11-28(12-9-15)14-20(22,23)24/h3-6,15,18,29H,2,7-14H2,1H3,(H2,25,26,27). The van der Waals surface area contributed by atoms with Crippen LogP contribution < -0.4 is 10.6 Å². The molecule has 1 fully saturated rings. The van der Waals surface area contributed by atoms with Gasteiger partial charge in [-0.3, -0.25) is 9.89 Å². The second kappa shape index (κ2) is 11.3. The lowest BCUT2D eigenvalue weighted by Crippen LogP contribution is -2.41. The third-order valence-electron chi connectivity index (χ3n) is 4.99. The van der Waals surface area contributed by atoms with Crippen LogP contribution in [-0.4, -0.2) is 61.4 Å². The normalized spacial score (nSPS) is 17.9. The van der Waals surface area contributed by atoms with E-state index in [0.29, 0.717) is 38.1 Å². The topological polar surface area (TPSA) is 59.9 Å². The molecule has 0 aliphatic carbocycles. The lowest BCUT2D eigenvalue weighted by molar-refractivity contribution is -0.148. The average Bonchev–Trinajstić information content (AvgIpc) is 2.66. The molecule has 0 spiro atoms. The second-order valence-corrected chi connectivity index (χ2v) is 7.31. The van der Waals surface area contributed by atoms with E-state index in [1.165, 1.54) is 17.0 Å². The third-order valence-corrected chi connectivity index (χ3v) is 4.99. The molecule has 0 radical (unpaired) electrons. The maximum atomic E-state index is 13.7. The van der Waals surface area contributed by atoms with Gasteiger partial charge in [-0.2, -0.15) is 13.2 Å². The Bertz CT molecular complexity index is 646. The summed E-state index contributed by atoms with van der Waals surface area (Å²) in [5.74, 6) is 0.432. The molecule has 164 valence electrons. The summed E-state index contributed by atoms with van der Waals surface area (Å²) >= 11 is 0. The van der Waals surface area contributed by atoms with E-state index in [4.69, 9.17) is 0 Å². The van der Waals surface area contributed by atoms with Gasteiger partial charge in [0, 0.05) is 18.7 Å². The summed E-state index contributed by atoms with van der Waals surface area (Å²) in [6.45, 7) is 3.30. The van der Waals surface area contributed by atoms with Crippen molar-refractivity contribution in [1.82, 2.24) is 15.5 Å². The van der Waals surface area contributed by atoms with Gasteiger partial charge in [0.25, 0.3) is 0 Å². The molecule has 0 bridgehead atoms. The largest absolute Gasteiger partial charge is 0.401 e. The number of nitrogens with one attached hydrogen (secondary N) is 2. The van der Waals surface area contributed by atoms with Crippen molar-refractivity contribution >= 4 is 5.96 Å². The van der Waals surface area contributed by atoms with Crippen LogP contribution in [0.4, 0.5) is 17.6 Å². The maximum absolute atomic E-state index is 13.7. The van der Waals surface area contributed by atoms with Crippen molar-refractivity contribution in [2.24, 2.45) is 10.9 Å². The molecular weight excluding hydrogens is 388 g/mol. The van der Waals surface area contributed by atoms with Gasteiger partial charge in [-0.25, -0.2) is 4.39 Å². The highest BCUT2D eigenvalue weighted by atomic mass is 19.4. The van der Waals surface area contributed by atoms with Crippen molar-refractivity contribution < 1.29 is 22.7 Å². The van der Waals surface area contributed by atoms with Crippen LogP contribution in [0, 0.1) is 11.7 Å². The smallest absolute Gasteiger partial charge is 0.386 e. The van der Waals surface area contributed by atoms with E-state index in [0.717, 1.165) is 19.3 Å². The predicted octanol–water partition coefficient (Wildman–Crippen LogP) is 3.08. The molecule has 29 heavy (non-hydrogen) atoms. The number of hydrogen-bond donors (Lipinski definition) is 3. The molecule has 0 saturated carbocycles. The van der Waals surface area contributed by atoms with Crippen LogP contribution in [0.2, 0.25) is 0 Å². The second-order valence-electron chi connectivity index (χ2n) is 7.31. The van der Waals surface area contributed by atoms with E-state index < -0.39 is 24.6 Å². The van der Waals surface area contributed by atoms with E-state index in [9.17, 15) is 22.7 Å². The van der Waals surface area contributed by atoms with Crippen molar-refractivity contribution in [2.45, 2.75) is 38.5 Å². The minimum atomic E-state index is -4.14. The summed E-state index contributed by atoms with van der Waals surface area (Å²) in [6, 6.07) is 6.05. The summed E-state index contributed by atoms with van der Waals surface area (Å²) in [6.07, 6.45) is -2.85. The molecule has 1 saturated heterocycles. The first kappa shape index (κ1) is 23.4. The zero-order valence-corrected chi connectivity index (χ0v) is 16.7. The van der Waals surface area contributed by atoms with E-state index >= 15 is 0 Å². The number of guanidine groups is 1. The van der Waals surface area contributed by atoms with Gasteiger partial charge >= 0.3 is 6.18 Å². The van der Waals surface area contributed by atoms with Crippen LogP contribution in [0.5, 0.6) is 0 Å². The number of benzene rings is 1. The molecule has 1 aromatic carbocycles. The zero-order valence-electron chi connectivity index (χ0n) is 16.7. The number of likely N-dealkylation sites (tertiary alicyclic amines) is 1. The number of rotatable bonds is 8. The first-order valence-electron chi connectivity index (χ1n) is 10.0. The number of nitrogens with zero attached hydrogens (tertiary/aromatic N) is 2. The van der Waals surface area contributed by atoms with Gasteiger partial charge in [0.05, 0.1) is 13.1 Å². The highest BCUT2D eigenvalue weighted by Gasteiger charge is 2.32. The van der Waals surface area contributed by atoms with Crippen molar-refractivity contribution in [1.29, 1.82) is 0 Å². The first-order valence-corrected chi connectivity index (χ1v) is 10.0. The van der Waals surface area contributed by atoms with E-state index in [-0.39, 0.29) is 12.1 Å². The number of aliphatic hydroxyl groups is 1. The molecule has 9 heteroatoms. The molecule has 1 aromatic rings. The van der Waals surface area contributed by atoms with Gasteiger partial charge in [0.2, 0.25) is 0 Å². The lowest BCUT2D eigenvalue weighted by Gasteiger charge is -2.32. The Balaban J connectivity index is 1.75. The molecule has 1 aliphatic heterocycles. The highest BCUT2D eigenvalue weighted by Crippen LogP contribution is 2.24. The Morgan fingerprint density at radius 2 is 1.93 bits per heavy atom. The van der Waals surface area contributed by atoms with Crippen molar-refractivity contribution in [2.75, 3.05) is 39.3 Å². The predicted molar refractivity (Wildman–Crippen MR) is 105 cm³/mol. The van der Waals surface area contributed by atoms with Gasteiger partial charge < -0.3 is 15.7 Å². The number of piperidine rings is 1. The molecule has 0 aromatic heterocycles. The van der Waals surface area contributed by atoms with E-state index in [1.807, 2.05) is 6.92 Å². The van der Waals surface area contributed by atoms with Crippen molar-refractivity contribution in [3.63, 3.8) is 0 Å². The Morgan fingerprint density at radius 1 is 1.24 bits per heavy atom. The minimum Gasteiger partial charge on any atom is -0.386 e. The molecular formula is C20H30F4N4O. The van der Waals surface area contributed by atoms with Crippen molar-refractivity contribution in [3.05, 3.63) is 35.6 Å². The van der Waals surface area contributed by atoms with Gasteiger partial charge in [-0.1, -0.05) is 18.2 Å². The first-order chi connectivity index (χ1) is 13.8. The van der Waals surface area contributed by atoms with Gasteiger partial charge in [0.1, 0.15) is 11.9 Å². The summed E-state index contributed by atoms with van der Waals surface area (Å²) in [7, 11) is 0. The number of hydrogen-bond acceptors (Lipinski definition) is 3. The Labute approximate surface area is 169 Å². The van der Waals surface area contributed by atoms with Crippen molar-refractivity contribution in [3.8, 4) is 0 Å². The summed E-state index contributed by atoms with van der Waals surface area (Å²) in [5, 5.41) is 16.4. The highest BCUT2D eigenvalue weighted by molar-refractivity contribution is 5.79. The Morgan fingerprint density at radius 3 is 2.55 bits per heavy atom. The SMILES string of the molecule is CCNC(=NCC(O)c1ccccc1F)NCCC1CCN(CC(F)(F)F)CC1. The Hall–Kier alpha value is -1.87. The number of alkyl halides is 3. The maximum Gasteiger partial charge on any atom is 0.401 e. The average molecular weight is 418 g/mol. The molecule has 1 aliphatic rings. The van der Waals surface area contributed by atoms with Crippen LogP contribution in [0.3, 0.4) is 0 Å². The number of halogens is 4. The molecule has 1 unspecified atom stereocenters. The Kier molecular flexibility index (Phi) is 9.16. The fraction of sp³-hybridized carbons (Fsp3) is 0.650. The zero-order chi connectivity index (χ0) is 21.3. The summed E-state index contributed by atoms with van der Waals surface area (Å²) in [4.78, 5) is 5.77. The fourth-order valence-electron chi connectivity index (χ4n) is 3.44. The summed E-state index contributed by atoms with van der Waals surface area (Å²) in [5.41, 5.74) is 0.206. The molecule has 0 amide bonds. The van der Waals surface area contributed by atoms with Crippen LogP contribution in [0.1, 0.15) is 37.9 Å². The molecule has 1 atom stereocenters. The molecule has 2 rings (SSSR count). The summed E-state index contributed by atoms with van der Waals surface area (Å²) < 4.78 is 51.1. The van der Waals surface area contributed by atoms with Gasteiger partial charge in [0.15, 0.2) is 5.96 Å². The fourth-order valence-corrected chi connectivity index (χ4v) is 3.44.